The number of nitrogens with one attached hydrogen (secondary N) is 1. The van der Waals surface area contributed by atoms with Gasteiger partial charge < -0.3 is 10.4 Å². The Labute approximate surface area is 123 Å². The molecular weight excluding hydrogens is 289 g/mol. The van der Waals surface area contributed by atoms with E-state index in [4.69, 9.17) is 23.2 Å². The molecule has 5 heteroatoms. The number of rotatable bonds is 7. The number of aliphatic hydroxyl groups is 1. The van der Waals surface area contributed by atoms with Gasteiger partial charge in [0, 0.05) is 20.5 Å². The molecule has 0 bridgehead atoms. The lowest BCUT2D eigenvalue weighted by Gasteiger charge is -2.26. The molecule has 1 aromatic rings. The molecule has 0 heterocycles. The number of hydrogen-bond acceptors (Lipinski definition) is 3. The molecule has 0 saturated heterocycles. The molecule has 2 N–H and O–H groups in total. The van der Waals surface area contributed by atoms with Crippen molar-refractivity contribution < 1.29 is 5.11 Å². The van der Waals surface area contributed by atoms with Crippen molar-refractivity contribution in [3.8, 4) is 0 Å². The van der Waals surface area contributed by atoms with Gasteiger partial charge in [-0.2, -0.15) is 0 Å². The second-order valence-electron chi connectivity index (χ2n) is 4.53. The molecular formula is C13H19Cl2NOS. The van der Waals surface area contributed by atoms with Gasteiger partial charge in [-0.05, 0) is 50.8 Å². The molecule has 0 fully saturated rings. The molecule has 18 heavy (non-hydrogen) atoms. The van der Waals surface area contributed by atoms with E-state index in [-0.39, 0.29) is 12.1 Å². The highest BCUT2D eigenvalue weighted by Crippen LogP contribution is 2.27. The van der Waals surface area contributed by atoms with Crippen molar-refractivity contribution in [2.45, 2.75) is 30.2 Å². The highest BCUT2D eigenvalue weighted by atomic mass is 35.5. The van der Waals surface area contributed by atoms with Crippen LogP contribution in [0.2, 0.25) is 10.0 Å². The number of hydrogen-bond donors (Lipinski definition) is 2. The molecule has 0 spiro atoms. The zero-order valence-electron chi connectivity index (χ0n) is 10.7. The average Bonchev–Trinajstić information content (AvgIpc) is 2.33. The highest BCUT2D eigenvalue weighted by molar-refractivity contribution is 7.99. The zero-order chi connectivity index (χ0) is 13.6. The first-order valence-corrected chi connectivity index (χ1v) is 7.62. The van der Waals surface area contributed by atoms with Gasteiger partial charge in [0.2, 0.25) is 0 Å². The number of thioether (sulfide) groups is 1. The third kappa shape index (κ3) is 5.37. The summed E-state index contributed by atoms with van der Waals surface area (Å²) >= 11 is 13.6. The van der Waals surface area contributed by atoms with Crippen LogP contribution in [0.5, 0.6) is 0 Å². The number of aliphatic hydroxyl groups excluding tert-OH is 1. The van der Waals surface area contributed by atoms with Crippen molar-refractivity contribution in [3.63, 3.8) is 0 Å². The van der Waals surface area contributed by atoms with E-state index in [1.165, 1.54) is 0 Å². The van der Waals surface area contributed by atoms with E-state index < -0.39 is 0 Å². The predicted octanol–water partition coefficient (Wildman–Crippen LogP) is 3.84. The van der Waals surface area contributed by atoms with Gasteiger partial charge in [-0.3, -0.25) is 0 Å². The summed E-state index contributed by atoms with van der Waals surface area (Å²) in [5.41, 5.74) is -0.188. The third-order valence-corrected chi connectivity index (χ3v) is 4.43. The summed E-state index contributed by atoms with van der Waals surface area (Å²) in [6.07, 6.45) is 1.95. The van der Waals surface area contributed by atoms with Crippen molar-refractivity contribution >= 4 is 35.0 Å². The minimum absolute atomic E-state index is 0.150. The van der Waals surface area contributed by atoms with Gasteiger partial charge in [0.1, 0.15) is 0 Å². The smallest absolute Gasteiger partial charge is 0.0610 e. The maximum absolute atomic E-state index is 9.27. The minimum atomic E-state index is -0.188. The van der Waals surface area contributed by atoms with E-state index in [0.717, 1.165) is 23.5 Å². The number of benzene rings is 1. The topological polar surface area (TPSA) is 32.3 Å². The van der Waals surface area contributed by atoms with Crippen LogP contribution in [0.1, 0.15) is 19.8 Å². The maximum atomic E-state index is 9.27. The standard InChI is InChI=1S/C13H19Cl2NOS/c1-13(9-17,16-2)4-3-5-18-12-7-10(14)6-11(15)8-12/h6-8,16-17H,3-5,9H2,1-2H3. The second kappa shape index (κ2) is 7.61. The summed E-state index contributed by atoms with van der Waals surface area (Å²) in [4.78, 5) is 1.09. The summed E-state index contributed by atoms with van der Waals surface area (Å²) in [5, 5.41) is 13.7. The molecule has 1 rings (SSSR count). The van der Waals surface area contributed by atoms with Crippen LogP contribution in [0.3, 0.4) is 0 Å². The first-order valence-electron chi connectivity index (χ1n) is 5.88. The van der Waals surface area contributed by atoms with Crippen LogP contribution < -0.4 is 5.32 Å². The molecule has 0 aliphatic rings. The van der Waals surface area contributed by atoms with Crippen LogP contribution in [-0.4, -0.2) is 30.1 Å². The van der Waals surface area contributed by atoms with Gasteiger partial charge in [-0.15, -0.1) is 11.8 Å². The molecule has 0 aromatic heterocycles. The van der Waals surface area contributed by atoms with E-state index in [1.54, 1.807) is 17.8 Å². The quantitative estimate of drug-likeness (QED) is 0.593. The molecule has 0 saturated carbocycles. The van der Waals surface area contributed by atoms with Crippen molar-refractivity contribution in [1.29, 1.82) is 0 Å². The molecule has 1 atom stereocenters. The molecule has 1 unspecified atom stereocenters. The normalized spacial score (nSPS) is 14.5. The summed E-state index contributed by atoms with van der Waals surface area (Å²) in [7, 11) is 1.88. The van der Waals surface area contributed by atoms with Gasteiger partial charge in [0.25, 0.3) is 0 Å². The molecule has 2 nitrogen and oxygen atoms in total. The Morgan fingerprint density at radius 3 is 2.39 bits per heavy atom. The molecule has 0 amide bonds. The van der Waals surface area contributed by atoms with E-state index in [1.807, 2.05) is 26.1 Å². The molecule has 0 radical (unpaired) electrons. The first-order chi connectivity index (χ1) is 8.49. The summed E-state index contributed by atoms with van der Waals surface area (Å²) < 4.78 is 0. The minimum Gasteiger partial charge on any atom is -0.394 e. The van der Waals surface area contributed by atoms with Crippen LogP contribution in [0.4, 0.5) is 0 Å². The fourth-order valence-electron chi connectivity index (χ4n) is 1.55. The van der Waals surface area contributed by atoms with Crippen molar-refractivity contribution in [1.82, 2.24) is 5.32 Å². The fraction of sp³-hybridized carbons (Fsp3) is 0.538. The Balaban J connectivity index is 2.38. The average molecular weight is 308 g/mol. The Morgan fingerprint density at radius 1 is 1.28 bits per heavy atom. The third-order valence-electron chi connectivity index (χ3n) is 2.93. The Kier molecular flexibility index (Phi) is 6.82. The Morgan fingerprint density at radius 2 is 1.89 bits per heavy atom. The monoisotopic (exact) mass is 307 g/mol. The zero-order valence-corrected chi connectivity index (χ0v) is 13.0. The Hall–Kier alpha value is 0.0700. The SMILES string of the molecule is CNC(C)(CO)CCCSc1cc(Cl)cc(Cl)c1. The van der Waals surface area contributed by atoms with Gasteiger partial charge >= 0.3 is 0 Å². The van der Waals surface area contributed by atoms with E-state index in [2.05, 4.69) is 5.32 Å². The fourth-order valence-corrected chi connectivity index (χ4v) is 3.15. The van der Waals surface area contributed by atoms with Crippen LogP contribution in [-0.2, 0) is 0 Å². The highest BCUT2D eigenvalue weighted by Gasteiger charge is 2.19. The number of likely N-dealkylation sites (N-methyl/N-ethyl adjacent to an activating group) is 1. The van der Waals surface area contributed by atoms with E-state index >= 15 is 0 Å². The van der Waals surface area contributed by atoms with Crippen molar-refractivity contribution in [2.24, 2.45) is 0 Å². The lowest BCUT2D eigenvalue weighted by Crippen LogP contribution is -2.43. The molecule has 1 aromatic carbocycles. The summed E-state index contributed by atoms with van der Waals surface area (Å²) in [5.74, 6) is 0.980. The largest absolute Gasteiger partial charge is 0.394 e. The van der Waals surface area contributed by atoms with Gasteiger partial charge in [-0.1, -0.05) is 23.2 Å². The van der Waals surface area contributed by atoms with Crippen LogP contribution >= 0.6 is 35.0 Å². The molecule has 0 aliphatic heterocycles. The predicted molar refractivity (Wildman–Crippen MR) is 81.0 cm³/mol. The van der Waals surface area contributed by atoms with Gasteiger partial charge in [-0.25, -0.2) is 0 Å². The van der Waals surface area contributed by atoms with Crippen LogP contribution in [0.15, 0.2) is 23.1 Å². The molecule has 0 aliphatic carbocycles. The first kappa shape index (κ1) is 16.1. The Bertz CT molecular complexity index is 363. The van der Waals surface area contributed by atoms with Gasteiger partial charge in [0.05, 0.1) is 6.61 Å². The van der Waals surface area contributed by atoms with Gasteiger partial charge in [0.15, 0.2) is 0 Å². The van der Waals surface area contributed by atoms with Crippen LogP contribution in [0, 0.1) is 0 Å². The van der Waals surface area contributed by atoms with Crippen LogP contribution in [0.25, 0.3) is 0 Å². The van der Waals surface area contributed by atoms with Crippen molar-refractivity contribution in [2.75, 3.05) is 19.4 Å². The maximum Gasteiger partial charge on any atom is 0.0610 e. The van der Waals surface area contributed by atoms with E-state index in [0.29, 0.717) is 10.0 Å². The summed E-state index contributed by atoms with van der Waals surface area (Å²) in [6.45, 7) is 2.17. The second-order valence-corrected chi connectivity index (χ2v) is 6.57. The summed E-state index contributed by atoms with van der Waals surface area (Å²) in [6, 6.07) is 5.57. The van der Waals surface area contributed by atoms with Crippen molar-refractivity contribution in [3.05, 3.63) is 28.2 Å². The lowest BCUT2D eigenvalue weighted by atomic mass is 9.98. The molecule has 102 valence electrons. The number of halogens is 2. The van der Waals surface area contributed by atoms with E-state index in [9.17, 15) is 5.11 Å². The lowest BCUT2D eigenvalue weighted by molar-refractivity contribution is 0.173.